The van der Waals surface area contributed by atoms with Gasteiger partial charge in [0.2, 0.25) is 5.91 Å². The predicted molar refractivity (Wildman–Crippen MR) is 80.7 cm³/mol. The molecule has 6 nitrogen and oxygen atoms in total. The van der Waals surface area contributed by atoms with Crippen molar-refractivity contribution >= 4 is 22.4 Å². The Morgan fingerprint density at radius 3 is 2.81 bits per heavy atom. The van der Waals surface area contributed by atoms with Gasteiger partial charge >= 0.3 is 0 Å². The molecule has 2 rings (SSSR count). The van der Waals surface area contributed by atoms with E-state index in [4.69, 9.17) is 15.2 Å². The van der Waals surface area contributed by atoms with Gasteiger partial charge in [-0.3, -0.25) is 9.00 Å². The minimum atomic E-state index is -1.48. The Labute approximate surface area is 126 Å². The highest BCUT2D eigenvalue weighted by atomic mass is 32.2. The number of nitrogens with two attached hydrogens (primary N) is 1. The van der Waals surface area contributed by atoms with E-state index in [1.165, 1.54) is 0 Å². The standard InChI is InChI=1S/C14H20N2O4S/c1-2-20-11-3-4-12(15)13(9-11)21(18)10-14(17)16-5-7-19-8-6-16/h3-4,9H,2,5-8,10,15H2,1H3. The first-order valence-corrected chi connectivity index (χ1v) is 8.20. The first-order chi connectivity index (χ1) is 10.1. The average Bonchev–Trinajstić information content (AvgIpc) is 2.50. The molecule has 0 aliphatic carbocycles. The van der Waals surface area contributed by atoms with Gasteiger partial charge in [-0.25, -0.2) is 0 Å². The zero-order valence-electron chi connectivity index (χ0n) is 12.0. The molecule has 1 unspecified atom stereocenters. The molecule has 1 aliphatic rings. The second-order valence-corrected chi connectivity index (χ2v) is 6.04. The minimum absolute atomic E-state index is 0.0697. The van der Waals surface area contributed by atoms with Crippen LogP contribution in [0.5, 0.6) is 5.75 Å². The monoisotopic (exact) mass is 312 g/mol. The molecule has 1 aromatic rings. The van der Waals surface area contributed by atoms with E-state index in [2.05, 4.69) is 0 Å². The van der Waals surface area contributed by atoms with Crippen LogP contribution in [-0.2, 0) is 20.3 Å². The van der Waals surface area contributed by atoms with E-state index in [9.17, 15) is 9.00 Å². The van der Waals surface area contributed by atoms with Gasteiger partial charge in [0.25, 0.3) is 0 Å². The second-order valence-electron chi connectivity index (χ2n) is 4.62. The number of hydrogen-bond donors (Lipinski definition) is 1. The van der Waals surface area contributed by atoms with Crippen molar-refractivity contribution in [2.75, 3.05) is 44.4 Å². The molecule has 0 saturated carbocycles. The number of morpholine rings is 1. The summed E-state index contributed by atoms with van der Waals surface area (Å²) < 4.78 is 22.9. The van der Waals surface area contributed by atoms with Crippen LogP contribution < -0.4 is 10.5 Å². The molecular weight excluding hydrogens is 292 g/mol. The molecule has 1 amide bonds. The third-order valence-electron chi connectivity index (χ3n) is 3.16. The summed E-state index contributed by atoms with van der Waals surface area (Å²) in [6.45, 7) is 4.54. The maximum Gasteiger partial charge on any atom is 0.235 e. The lowest BCUT2D eigenvalue weighted by Crippen LogP contribution is -2.42. The highest BCUT2D eigenvalue weighted by Gasteiger charge is 2.21. The van der Waals surface area contributed by atoms with Gasteiger partial charge < -0.3 is 20.1 Å². The predicted octanol–water partition coefficient (Wildman–Crippen LogP) is 0.634. The molecule has 0 spiro atoms. The van der Waals surface area contributed by atoms with Crippen molar-refractivity contribution in [1.29, 1.82) is 0 Å². The van der Waals surface area contributed by atoms with E-state index in [0.29, 0.717) is 49.2 Å². The van der Waals surface area contributed by atoms with Gasteiger partial charge in [0.1, 0.15) is 11.5 Å². The Morgan fingerprint density at radius 2 is 2.14 bits per heavy atom. The van der Waals surface area contributed by atoms with Crippen LogP contribution in [0, 0.1) is 0 Å². The molecule has 1 aliphatic heterocycles. The fourth-order valence-corrected chi connectivity index (χ4v) is 3.20. The number of benzene rings is 1. The van der Waals surface area contributed by atoms with Crippen LogP contribution >= 0.6 is 0 Å². The Balaban J connectivity index is 2.05. The summed E-state index contributed by atoms with van der Waals surface area (Å²) in [5.41, 5.74) is 6.26. The first kappa shape index (κ1) is 15.8. The van der Waals surface area contributed by atoms with Crippen molar-refractivity contribution in [1.82, 2.24) is 4.90 Å². The van der Waals surface area contributed by atoms with Crippen molar-refractivity contribution in [3.63, 3.8) is 0 Å². The number of hydrogen-bond acceptors (Lipinski definition) is 5. The molecule has 1 saturated heterocycles. The maximum atomic E-state index is 12.4. The molecule has 7 heteroatoms. The summed E-state index contributed by atoms with van der Waals surface area (Å²) in [5, 5.41) is 0. The molecule has 21 heavy (non-hydrogen) atoms. The Hall–Kier alpha value is -1.60. The van der Waals surface area contributed by atoms with Crippen LogP contribution in [0.4, 0.5) is 5.69 Å². The fourth-order valence-electron chi connectivity index (χ4n) is 2.06. The smallest absolute Gasteiger partial charge is 0.235 e. The molecule has 0 aromatic heterocycles. The Bertz CT molecular complexity index is 530. The Kier molecular flexibility index (Phi) is 5.58. The summed E-state index contributed by atoms with van der Waals surface area (Å²) in [7, 11) is -1.48. The van der Waals surface area contributed by atoms with E-state index in [1.807, 2.05) is 6.92 Å². The molecule has 2 N–H and O–H groups in total. The largest absolute Gasteiger partial charge is 0.494 e. The summed E-state index contributed by atoms with van der Waals surface area (Å²) in [4.78, 5) is 14.2. The molecule has 1 aromatic carbocycles. The van der Waals surface area contributed by atoms with Crippen LogP contribution in [0.3, 0.4) is 0 Å². The molecule has 0 radical (unpaired) electrons. The van der Waals surface area contributed by atoms with Crippen LogP contribution in [0.25, 0.3) is 0 Å². The number of amides is 1. The lowest BCUT2D eigenvalue weighted by molar-refractivity contribution is -0.132. The lowest BCUT2D eigenvalue weighted by atomic mass is 10.3. The number of nitrogen functional groups attached to an aromatic ring is 1. The van der Waals surface area contributed by atoms with Gasteiger partial charge in [0, 0.05) is 18.8 Å². The first-order valence-electron chi connectivity index (χ1n) is 6.88. The molecular formula is C14H20N2O4S. The quantitative estimate of drug-likeness (QED) is 0.807. The van der Waals surface area contributed by atoms with Gasteiger partial charge in [-0.05, 0) is 25.1 Å². The van der Waals surface area contributed by atoms with Gasteiger partial charge in [0.15, 0.2) is 0 Å². The SMILES string of the molecule is CCOc1ccc(N)c(S(=O)CC(=O)N2CCOCC2)c1. The van der Waals surface area contributed by atoms with Gasteiger partial charge in [0.05, 0.1) is 35.5 Å². The summed E-state index contributed by atoms with van der Waals surface area (Å²) in [6, 6.07) is 5.02. The molecule has 1 heterocycles. The lowest BCUT2D eigenvalue weighted by Gasteiger charge is -2.26. The fraction of sp³-hybridized carbons (Fsp3) is 0.500. The number of carbonyl (C=O) groups excluding carboxylic acids is 1. The van der Waals surface area contributed by atoms with Crippen LogP contribution in [0.2, 0.25) is 0 Å². The van der Waals surface area contributed by atoms with E-state index >= 15 is 0 Å². The van der Waals surface area contributed by atoms with Crippen LogP contribution in [-0.4, -0.2) is 53.7 Å². The van der Waals surface area contributed by atoms with E-state index in [-0.39, 0.29) is 11.7 Å². The van der Waals surface area contributed by atoms with Gasteiger partial charge in [-0.2, -0.15) is 0 Å². The number of carbonyl (C=O) groups is 1. The number of nitrogens with zero attached hydrogens (tertiary/aromatic N) is 1. The van der Waals surface area contributed by atoms with Crippen molar-refractivity contribution < 1.29 is 18.5 Å². The highest BCUT2D eigenvalue weighted by molar-refractivity contribution is 7.86. The van der Waals surface area contributed by atoms with Gasteiger partial charge in [-0.1, -0.05) is 0 Å². The minimum Gasteiger partial charge on any atom is -0.494 e. The topological polar surface area (TPSA) is 81.9 Å². The molecule has 1 atom stereocenters. The number of rotatable bonds is 5. The van der Waals surface area contributed by atoms with E-state index < -0.39 is 10.8 Å². The normalized spacial score (nSPS) is 16.5. The second kappa shape index (κ2) is 7.42. The third-order valence-corrected chi connectivity index (χ3v) is 4.51. The van der Waals surface area contributed by atoms with Crippen molar-refractivity contribution in [3.05, 3.63) is 18.2 Å². The molecule has 1 fully saturated rings. The third kappa shape index (κ3) is 4.18. The zero-order chi connectivity index (χ0) is 15.2. The van der Waals surface area contributed by atoms with Crippen molar-refractivity contribution in [3.8, 4) is 5.75 Å². The highest BCUT2D eigenvalue weighted by Crippen LogP contribution is 2.23. The zero-order valence-corrected chi connectivity index (χ0v) is 12.9. The number of ether oxygens (including phenoxy) is 2. The summed E-state index contributed by atoms with van der Waals surface area (Å²) in [5.74, 6) is 0.395. The van der Waals surface area contributed by atoms with Crippen molar-refractivity contribution in [2.24, 2.45) is 0 Å². The Morgan fingerprint density at radius 1 is 1.43 bits per heavy atom. The maximum absolute atomic E-state index is 12.4. The average molecular weight is 312 g/mol. The van der Waals surface area contributed by atoms with Crippen LogP contribution in [0.1, 0.15) is 6.92 Å². The van der Waals surface area contributed by atoms with E-state index in [0.717, 1.165) is 0 Å². The molecule has 116 valence electrons. The number of anilines is 1. The van der Waals surface area contributed by atoms with E-state index in [1.54, 1.807) is 23.1 Å². The summed E-state index contributed by atoms with van der Waals surface area (Å²) in [6.07, 6.45) is 0. The van der Waals surface area contributed by atoms with Crippen LogP contribution in [0.15, 0.2) is 23.1 Å². The van der Waals surface area contributed by atoms with Gasteiger partial charge in [-0.15, -0.1) is 0 Å². The van der Waals surface area contributed by atoms with Crippen molar-refractivity contribution in [2.45, 2.75) is 11.8 Å². The summed E-state index contributed by atoms with van der Waals surface area (Å²) >= 11 is 0. The molecule has 0 bridgehead atoms.